The summed E-state index contributed by atoms with van der Waals surface area (Å²) >= 11 is 1.73. The molecule has 122 valence electrons. The molecule has 1 heterocycles. The molecule has 0 aliphatic heterocycles. The van der Waals surface area contributed by atoms with E-state index in [4.69, 9.17) is 0 Å². The van der Waals surface area contributed by atoms with Crippen molar-refractivity contribution in [2.45, 2.75) is 51.2 Å². The third kappa shape index (κ3) is 6.02. The van der Waals surface area contributed by atoms with E-state index in [0.29, 0.717) is 17.5 Å². The Morgan fingerprint density at radius 2 is 2.00 bits per heavy atom. The zero-order valence-electron chi connectivity index (χ0n) is 13.5. The van der Waals surface area contributed by atoms with Crippen molar-refractivity contribution in [2.24, 2.45) is 7.05 Å². The number of hydrogen-bond acceptors (Lipinski definition) is 4. The zero-order chi connectivity index (χ0) is 16.0. The minimum Gasteiger partial charge on any atom is -0.352 e. The molecule has 1 aromatic rings. The topological polar surface area (TPSA) is 63.1 Å². The first kappa shape index (κ1) is 18.5. The van der Waals surface area contributed by atoms with E-state index in [2.05, 4.69) is 30.8 Å². The van der Waals surface area contributed by atoms with Crippen LogP contribution in [0.15, 0.2) is 17.2 Å². The van der Waals surface area contributed by atoms with Crippen LogP contribution in [0.25, 0.3) is 0 Å². The minimum absolute atomic E-state index is 0.0719. The average molecular weight is 334 g/mol. The first-order valence-corrected chi connectivity index (χ1v) is 9.88. The Morgan fingerprint density at radius 1 is 1.33 bits per heavy atom. The van der Waals surface area contributed by atoms with Crippen LogP contribution in [-0.2, 0) is 23.6 Å². The van der Waals surface area contributed by atoms with Gasteiger partial charge in [-0.3, -0.25) is 0 Å². The summed E-state index contributed by atoms with van der Waals surface area (Å²) in [6, 6.07) is 2.03. The summed E-state index contributed by atoms with van der Waals surface area (Å²) in [5.41, 5.74) is 0.958. The van der Waals surface area contributed by atoms with E-state index in [-0.39, 0.29) is 6.04 Å². The fourth-order valence-corrected chi connectivity index (χ4v) is 3.99. The van der Waals surface area contributed by atoms with Crippen LogP contribution in [-0.4, -0.2) is 36.6 Å². The SMILES string of the molecule is CCSCC(C)NS(=O)(=O)c1cc(CNC(C)C)n(C)c1. The van der Waals surface area contributed by atoms with Gasteiger partial charge in [0.2, 0.25) is 10.0 Å². The summed E-state index contributed by atoms with van der Waals surface area (Å²) in [4.78, 5) is 0.332. The minimum atomic E-state index is -3.44. The smallest absolute Gasteiger partial charge is 0.242 e. The molecule has 1 aromatic heterocycles. The van der Waals surface area contributed by atoms with Crippen molar-refractivity contribution in [1.82, 2.24) is 14.6 Å². The van der Waals surface area contributed by atoms with Gasteiger partial charge in [0.25, 0.3) is 0 Å². The second kappa shape index (κ2) is 8.22. The molecule has 0 fully saturated rings. The number of thioether (sulfide) groups is 1. The van der Waals surface area contributed by atoms with Gasteiger partial charge < -0.3 is 9.88 Å². The molecular formula is C14H27N3O2S2. The molecule has 0 radical (unpaired) electrons. The summed E-state index contributed by atoms with van der Waals surface area (Å²) in [6.45, 7) is 8.75. The molecule has 0 amide bonds. The molecule has 0 aliphatic carbocycles. The molecular weight excluding hydrogens is 306 g/mol. The van der Waals surface area contributed by atoms with Crippen LogP contribution in [0.4, 0.5) is 0 Å². The van der Waals surface area contributed by atoms with E-state index in [0.717, 1.165) is 17.2 Å². The zero-order valence-corrected chi connectivity index (χ0v) is 15.1. The lowest BCUT2D eigenvalue weighted by Crippen LogP contribution is -2.34. The fourth-order valence-electron chi connectivity index (χ4n) is 1.87. The van der Waals surface area contributed by atoms with Gasteiger partial charge in [-0.2, -0.15) is 11.8 Å². The highest BCUT2D eigenvalue weighted by molar-refractivity contribution is 7.99. The number of nitrogens with zero attached hydrogens (tertiary/aromatic N) is 1. The molecule has 1 unspecified atom stereocenters. The largest absolute Gasteiger partial charge is 0.352 e. The van der Waals surface area contributed by atoms with Gasteiger partial charge in [-0.1, -0.05) is 20.8 Å². The lowest BCUT2D eigenvalue weighted by Gasteiger charge is -2.12. The molecule has 0 aliphatic rings. The van der Waals surface area contributed by atoms with Crippen molar-refractivity contribution in [1.29, 1.82) is 0 Å². The van der Waals surface area contributed by atoms with Crippen LogP contribution < -0.4 is 10.0 Å². The summed E-state index contributed by atoms with van der Waals surface area (Å²) in [7, 11) is -1.57. The maximum Gasteiger partial charge on any atom is 0.242 e. The summed E-state index contributed by atoms with van der Waals surface area (Å²) in [6.07, 6.45) is 1.67. The van der Waals surface area contributed by atoms with Crippen molar-refractivity contribution < 1.29 is 8.42 Å². The Kier molecular flexibility index (Phi) is 7.26. The van der Waals surface area contributed by atoms with Gasteiger partial charge in [-0.05, 0) is 18.7 Å². The average Bonchev–Trinajstić information content (AvgIpc) is 2.75. The van der Waals surface area contributed by atoms with Gasteiger partial charge in [0, 0.05) is 43.3 Å². The molecule has 7 heteroatoms. The van der Waals surface area contributed by atoms with Crippen LogP contribution >= 0.6 is 11.8 Å². The molecule has 5 nitrogen and oxygen atoms in total. The fraction of sp³-hybridized carbons (Fsp3) is 0.714. The predicted molar refractivity (Wildman–Crippen MR) is 90.2 cm³/mol. The number of rotatable bonds is 9. The third-order valence-corrected chi connectivity index (χ3v) is 5.71. The van der Waals surface area contributed by atoms with Gasteiger partial charge in [-0.15, -0.1) is 0 Å². The van der Waals surface area contributed by atoms with Crippen LogP contribution in [0.1, 0.15) is 33.4 Å². The van der Waals surface area contributed by atoms with E-state index >= 15 is 0 Å². The number of sulfonamides is 1. The molecule has 1 rings (SSSR count). The van der Waals surface area contributed by atoms with Crippen molar-refractivity contribution in [3.8, 4) is 0 Å². The van der Waals surface area contributed by atoms with E-state index in [9.17, 15) is 8.42 Å². The second-order valence-corrected chi connectivity index (χ2v) is 8.53. The summed E-state index contributed by atoms with van der Waals surface area (Å²) in [5.74, 6) is 1.77. The van der Waals surface area contributed by atoms with Crippen LogP contribution in [0, 0.1) is 0 Å². The van der Waals surface area contributed by atoms with E-state index in [1.165, 1.54) is 0 Å². The first-order valence-electron chi connectivity index (χ1n) is 7.25. The second-order valence-electron chi connectivity index (χ2n) is 5.50. The molecule has 0 saturated heterocycles. The molecule has 21 heavy (non-hydrogen) atoms. The quantitative estimate of drug-likeness (QED) is 0.725. The predicted octanol–water partition coefficient (Wildman–Crippen LogP) is 1.94. The lowest BCUT2D eigenvalue weighted by atomic mass is 10.3. The molecule has 0 bridgehead atoms. The highest BCUT2D eigenvalue weighted by Gasteiger charge is 2.20. The van der Waals surface area contributed by atoms with Gasteiger partial charge in [0.15, 0.2) is 0 Å². The Bertz CT molecular complexity index is 538. The van der Waals surface area contributed by atoms with Crippen LogP contribution in [0.5, 0.6) is 0 Å². The molecule has 1 atom stereocenters. The van der Waals surface area contributed by atoms with Gasteiger partial charge in [-0.25, -0.2) is 13.1 Å². The van der Waals surface area contributed by atoms with Gasteiger partial charge in [0.05, 0.1) is 4.90 Å². The third-order valence-electron chi connectivity index (χ3n) is 3.01. The van der Waals surface area contributed by atoms with Crippen LogP contribution in [0.2, 0.25) is 0 Å². The van der Waals surface area contributed by atoms with E-state index in [1.54, 1.807) is 24.0 Å². The van der Waals surface area contributed by atoms with E-state index in [1.807, 2.05) is 18.5 Å². The Balaban J connectivity index is 2.77. The maximum absolute atomic E-state index is 12.4. The molecule has 0 aromatic carbocycles. The van der Waals surface area contributed by atoms with Crippen LogP contribution in [0.3, 0.4) is 0 Å². The lowest BCUT2D eigenvalue weighted by molar-refractivity contribution is 0.570. The van der Waals surface area contributed by atoms with Crippen molar-refractivity contribution >= 4 is 21.8 Å². The van der Waals surface area contributed by atoms with Gasteiger partial charge in [0.1, 0.15) is 0 Å². The Labute approximate surface area is 132 Å². The van der Waals surface area contributed by atoms with Crippen molar-refractivity contribution in [3.63, 3.8) is 0 Å². The summed E-state index contributed by atoms with van der Waals surface area (Å²) in [5, 5.41) is 3.30. The first-order chi connectivity index (χ1) is 9.76. The van der Waals surface area contributed by atoms with E-state index < -0.39 is 10.0 Å². The highest BCUT2D eigenvalue weighted by Crippen LogP contribution is 2.15. The Morgan fingerprint density at radius 3 is 2.57 bits per heavy atom. The maximum atomic E-state index is 12.4. The molecule has 0 saturated carbocycles. The summed E-state index contributed by atoms with van der Waals surface area (Å²) < 4.78 is 29.3. The standard InChI is InChI=1S/C14H27N3O2S2/c1-6-20-10-12(4)16-21(18,19)14-7-13(17(5)9-14)8-15-11(2)3/h7,9,11-12,15-16H,6,8,10H2,1-5H3. The highest BCUT2D eigenvalue weighted by atomic mass is 32.2. The normalized spacial score (nSPS) is 13.8. The molecule has 0 spiro atoms. The Hall–Kier alpha value is -0.500. The van der Waals surface area contributed by atoms with Crippen molar-refractivity contribution in [3.05, 3.63) is 18.0 Å². The van der Waals surface area contributed by atoms with Crippen molar-refractivity contribution in [2.75, 3.05) is 11.5 Å². The number of nitrogens with one attached hydrogen (secondary N) is 2. The van der Waals surface area contributed by atoms with Gasteiger partial charge >= 0.3 is 0 Å². The number of aryl methyl sites for hydroxylation is 1. The molecule has 2 N–H and O–H groups in total. The number of hydrogen-bond donors (Lipinski definition) is 2. The number of aromatic nitrogens is 1. The monoisotopic (exact) mass is 333 g/mol.